The summed E-state index contributed by atoms with van der Waals surface area (Å²) in [5.74, 6) is -0.909. The van der Waals surface area contributed by atoms with Crippen molar-refractivity contribution in [3.8, 4) is 0 Å². The summed E-state index contributed by atoms with van der Waals surface area (Å²) >= 11 is 4.85. The van der Waals surface area contributed by atoms with Crippen molar-refractivity contribution in [3.63, 3.8) is 0 Å². The Kier molecular flexibility index (Phi) is 12.6. The van der Waals surface area contributed by atoms with Crippen LogP contribution in [-0.4, -0.2) is 90.4 Å². The Morgan fingerprint density at radius 3 is 2.59 bits per heavy atom. The Bertz CT molecular complexity index is 382. The van der Waals surface area contributed by atoms with Crippen molar-refractivity contribution in [1.29, 1.82) is 0 Å². The SMILES string of the molecule is CCCCCC(C(=O)O)n1[nH]nnc1=S.[Na].[Na]. The fraction of sp³-hybridized carbons (Fsp3) is 0.750. The van der Waals surface area contributed by atoms with E-state index in [2.05, 4.69) is 22.4 Å². The third-order valence-corrected chi connectivity index (χ3v) is 2.45. The first-order chi connectivity index (χ1) is 7.16. The number of H-pyrrole nitrogens is 1. The molecule has 1 aromatic heterocycles. The van der Waals surface area contributed by atoms with Crippen LogP contribution in [0.25, 0.3) is 0 Å². The number of tetrazole rings is 1. The molecule has 1 unspecified atom stereocenters. The number of hydrogen-bond donors (Lipinski definition) is 2. The molecular weight excluding hydrogens is 262 g/mol. The molecule has 86 valence electrons. The Balaban J connectivity index is 0. The average Bonchev–Trinajstić information content (AvgIpc) is 2.59. The second kappa shape index (κ2) is 10.7. The van der Waals surface area contributed by atoms with Gasteiger partial charge in [-0.15, -0.1) is 0 Å². The molecule has 1 rings (SSSR count). The van der Waals surface area contributed by atoms with E-state index in [0.717, 1.165) is 19.3 Å². The standard InChI is InChI=1S/C8H14N4O2S.2Na/c1-2-3-4-5-6(7(13)14)12-8(15)9-10-11-12;;/h6H,2-5H2,1H3,(H,13,14)(H,9,11,15);;. The molecule has 1 aromatic rings. The maximum Gasteiger partial charge on any atom is 0.328 e. The molecule has 6 nitrogen and oxygen atoms in total. The van der Waals surface area contributed by atoms with Gasteiger partial charge in [0.05, 0.1) is 0 Å². The first kappa shape index (κ1) is 20.1. The van der Waals surface area contributed by atoms with Gasteiger partial charge in [-0.2, -0.15) is 5.21 Å². The number of rotatable bonds is 6. The van der Waals surface area contributed by atoms with Gasteiger partial charge in [0.2, 0.25) is 4.77 Å². The van der Waals surface area contributed by atoms with Gasteiger partial charge in [0.15, 0.2) is 6.04 Å². The summed E-state index contributed by atoms with van der Waals surface area (Å²) in [5.41, 5.74) is 0. The van der Waals surface area contributed by atoms with Gasteiger partial charge < -0.3 is 5.11 Å². The predicted molar refractivity (Wildman–Crippen MR) is 67.5 cm³/mol. The Morgan fingerprint density at radius 2 is 2.18 bits per heavy atom. The van der Waals surface area contributed by atoms with Crippen LogP contribution < -0.4 is 0 Å². The van der Waals surface area contributed by atoms with E-state index in [0.29, 0.717) is 6.42 Å². The number of aromatic nitrogens is 4. The Hall–Kier alpha value is 0.760. The second-order valence-corrected chi connectivity index (χ2v) is 3.67. The number of carboxylic acids is 1. The molecular formula is C8H14N4Na2O2S. The van der Waals surface area contributed by atoms with Crippen molar-refractivity contribution in [1.82, 2.24) is 20.2 Å². The van der Waals surface area contributed by atoms with Crippen LogP contribution in [0.2, 0.25) is 0 Å². The van der Waals surface area contributed by atoms with Crippen molar-refractivity contribution in [2.45, 2.75) is 38.6 Å². The minimum absolute atomic E-state index is 0. The summed E-state index contributed by atoms with van der Waals surface area (Å²) in [4.78, 5) is 11.0. The fourth-order valence-corrected chi connectivity index (χ4v) is 1.57. The van der Waals surface area contributed by atoms with Gasteiger partial charge >= 0.3 is 5.97 Å². The summed E-state index contributed by atoms with van der Waals surface area (Å²) in [6.07, 6.45) is 3.47. The van der Waals surface area contributed by atoms with Gasteiger partial charge in [0.25, 0.3) is 0 Å². The summed E-state index contributed by atoms with van der Waals surface area (Å²) in [6.45, 7) is 2.07. The van der Waals surface area contributed by atoms with E-state index < -0.39 is 12.0 Å². The molecule has 0 saturated carbocycles. The monoisotopic (exact) mass is 276 g/mol. The van der Waals surface area contributed by atoms with Crippen LogP contribution >= 0.6 is 12.2 Å². The van der Waals surface area contributed by atoms with Crippen LogP contribution in [0.15, 0.2) is 0 Å². The number of carboxylic acid groups (broad SMARTS) is 1. The molecule has 9 heteroatoms. The van der Waals surface area contributed by atoms with Crippen LogP contribution in [0.3, 0.4) is 0 Å². The molecule has 2 N–H and O–H groups in total. The van der Waals surface area contributed by atoms with E-state index in [-0.39, 0.29) is 63.9 Å². The number of aromatic amines is 1. The van der Waals surface area contributed by atoms with E-state index in [9.17, 15) is 4.79 Å². The molecule has 0 aliphatic rings. The van der Waals surface area contributed by atoms with Crippen LogP contribution in [0.5, 0.6) is 0 Å². The quantitative estimate of drug-likeness (QED) is 0.456. The number of unbranched alkanes of at least 4 members (excludes halogenated alkanes) is 2. The molecule has 0 aromatic carbocycles. The maximum atomic E-state index is 11.0. The zero-order chi connectivity index (χ0) is 11.3. The van der Waals surface area contributed by atoms with Gasteiger partial charge in [0.1, 0.15) is 0 Å². The van der Waals surface area contributed by atoms with Crippen molar-refractivity contribution in [3.05, 3.63) is 4.77 Å². The third-order valence-electron chi connectivity index (χ3n) is 2.17. The first-order valence-electron chi connectivity index (χ1n) is 4.89. The molecule has 0 amide bonds. The molecule has 1 atom stereocenters. The minimum Gasteiger partial charge on any atom is -0.480 e. The Morgan fingerprint density at radius 1 is 1.53 bits per heavy atom. The van der Waals surface area contributed by atoms with E-state index in [1.807, 2.05) is 0 Å². The van der Waals surface area contributed by atoms with Gasteiger partial charge in [-0.05, 0) is 18.6 Å². The van der Waals surface area contributed by atoms with Crippen LogP contribution in [0.1, 0.15) is 38.6 Å². The van der Waals surface area contributed by atoms with Crippen molar-refractivity contribution >= 4 is 77.3 Å². The summed E-state index contributed by atoms with van der Waals surface area (Å²) in [5, 5.41) is 18.5. The number of hydrogen-bond acceptors (Lipinski definition) is 4. The zero-order valence-electron chi connectivity index (χ0n) is 10.5. The predicted octanol–water partition coefficient (Wildman–Crippen LogP) is 0.780. The topological polar surface area (TPSA) is 83.8 Å². The van der Waals surface area contributed by atoms with Crippen molar-refractivity contribution < 1.29 is 9.90 Å². The molecule has 0 spiro atoms. The molecule has 0 saturated heterocycles. The molecule has 0 aliphatic carbocycles. The zero-order valence-corrected chi connectivity index (χ0v) is 15.3. The van der Waals surface area contributed by atoms with Gasteiger partial charge in [-0.3, -0.25) is 0 Å². The molecule has 17 heavy (non-hydrogen) atoms. The van der Waals surface area contributed by atoms with Gasteiger partial charge in [0, 0.05) is 59.1 Å². The largest absolute Gasteiger partial charge is 0.480 e. The fourth-order valence-electron chi connectivity index (χ4n) is 1.36. The minimum atomic E-state index is -0.909. The molecule has 2 radical (unpaired) electrons. The van der Waals surface area contributed by atoms with Crippen LogP contribution in [0, 0.1) is 4.77 Å². The van der Waals surface area contributed by atoms with Crippen LogP contribution in [0.4, 0.5) is 0 Å². The van der Waals surface area contributed by atoms with Gasteiger partial charge in [-0.1, -0.05) is 36.5 Å². The van der Waals surface area contributed by atoms with Crippen molar-refractivity contribution in [2.24, 2.45) is 0 Å². The van der Waals surface area contributed by atoms with E-state index in [1.54, 1.807) is 0 Å². The number of nitrogens with zero attached hydrogens (tertiary/aromatic N) is 3. The molecule has 0 fully saturated rings. The summed E-state index contributed by atoms with van der Waals surface area (Å²) in [6, 6.07) is -0.681. The molecule has 0 aliphatic heterocycles. The number of nitrogens with one attached hydrogen (secondary N) is 1. The summed E-state index contributed by atoms with van der Waals surface area (Å²) < 4.78 is 1.49. The third kappa shape index (κ3) is 6.47. The number of carbonyl (C=O) groups is 1. The molecule has 0 bridgehead atoms. The smallest absolute Gasteiger partial charge is 0.328 e. The average molecular weight is 276 g/mol. The molecule has 1 heterocycles. The van der Waals surface area contributed by atoms with Gasteiger partial charge in [-0.25, -0.2) is 9.48 Å². The second-order valence-electron chi connectivity index (χ2n) is 3.30. The van der Waals surface area contributed by atoms with E-state index >= 15 is 0 Å². The maximum absolute atomic E-state index is 11.0. The summed E-state index contributed by atoms with van der Waals surface area (Å²) in [7, 11) is 0. The first-order valence-corrected chi connectivity index (χ1v) is 5.30. The number of aliphatic carboxylic acids is 1. The normalized spacial score (nSPS) is 11.1. The van der Waals surface area contributed by atoms with Crippen molar-refractivity contribution in [2.75, 3.05) is 0 Å². The van der Waals surface area contributed by atoms with E-state index in [4.69, 9.17) is 17.3 Å². The van der Waals surface area contributed by atoms with E-state index in [1.165, 1.54) is 4.68 Å². The van der Waals surface area contributed by atoms with Crippen LogP contribution in [-0.2, 0) is 4.79 Å². The Labute approximate surface area is 149 Å².